The van der Waals surface area contributed by atoms with Crippen LogP contribution in [0.3, 0.4) is 0 Å². The van der Waals surface area contributed by atoms with Crippen molar-refractivity contribution in [3.8, 4) is 0 Å². The predicted molar refractivity (Wildman–Crippen MR) is 74.8 cm³/mol. The van der Waals surface area contributed by atoms with E-state index < -0.39 is 28.2 Å². The van der Waals surface area contributed by atoms with Crippen molar-refractivity contribution in [1.29, 1.82) is 0 Å². The largest absolute Gasteiger partial charge is 0.481 e. The molecule has 0 amide bonds. The van der Waals surface area contributed by atoms with Crippen molar-refractivity contribution < 1.29 is 19.8 Å². The van der Waals surface area contributed by atoms with Gasteiger partial charge in [0.15, 0.2) is 0 Å². The number of carbonyl (C=O) groups is 2. The molecule has 1 heterocycles. The van der Waals surface area contributed by atoms with E-state index in [1.54, 1.807) is 25.2 Å². The average Bonchev–Trinajstić information content (AvgIpc) is 2.66. The van der Waals surface area contributed by atoms with Gasteiger partial charge in [-0.05, 0) is 24.0 Å². The number of aliphatic carboxylic acids is 2. The SMILES string of the molecule is CC1(C(=O)O)CN=C2C=CC(C(=O)O)(C(C)(C)C)C=C21. The van der Waals surface area contributed by atoms with Crippen molar-refractivity contribution in [3.05, 3.63) is 23.8 Å². The fourth-order valence-corrected chi connectivity index (χ4v) is 2.66. The van der Waals surface area contributed by atoms with Crippen LogP contribution in [0.1, 0.15) is 27.7 Å². The summed E-state index contributed by atoms with van der Waals surface area (Å²) < 4.78 is 0. The van der Waals surface area contributed by atoms with E-state index in [-0.39, 0.29) is 6.54 Å². The molecule has 1 aliphatic heterocycles. The lowest BCUT2D eigenvalue weighted by molar-refractivity contribution is -0.149. The third kappa shape index (κ3) is 1.72. The number of hydrogen-bond acceptors (Lipinski definition) is 3. The van der Waals surface area contributed by atoms with Crippen LogP contribution in [0.15, 0.2) is 28.8 Å². The molecular weight excluding hydrogens is 258 g/mol. The van der Waals surface area contributed by atoms with Gasteiger partial charge in [0, 0.05) is 0 Å². The van der Waals surface area contributed by atoms with Gasteiger partial charge < -0.3 is 10.2 Å². The Morgan fingerprint density at radius 3 is 2.30 bits per heavy atom. The number of fused-ring (bicyclic) bond motifs is 1. The highest BCUT2D eigenvalue weighted by Crippen LogP contribution is 2.48. The summed E-state index contributed by atoms with van der Waals surface area (Å²) in [5, 5.41) is 19.1. The van der Waals surface area contributed by atoms with Crippen LogP contribution in [0.2, 0.25) is 0 Å². The van der Waals surface area contributed by atoms with Gasteiger partial charge in [-0.3, -0.25) is 14.6 Å². The lowest BCUT2D eigenvalue weighted by Gasteiger charge is -2.39. The van der Waals surface area contributed by atoms with Gasteiger partial charge in [-0.2, -0.15) is 0 Å². The molecule has 2 aliphatic rings. The van der Waals surface area contributed by atoms with E-state index in [1.165, 1.54) is 0 Å². The molecule has 2 N–H and O–H groups in total. The Labute approximate surface area is 117 Å². The molecule has 0 spiro atoms. The van der Waals surface area contributed by atoms with Gasteiger partial charge in [-0.1, -0.05) is 32.9 Å². The molecule has 0 aromatic heterocycles. The molecule has 2 rings (SSSR count). The Balaban J connectivity index is 2.65. The number of rotatable bonds is 2. The minimum atomic E-state index is -1.22. The zero-order valence-corrected chi connectivity index (χ0v) is 12.1. The minimum absolute atomic E-state index is 0.147. The van der Waals surface area contributed by atoms with E-state index in [4.69, 9.17) is 0 Å². The van der Waals surface area contributed by atoms with Crippen LogP contribution in [0.25, 0.3) is 0 Å². The van der Waals surface area contributed by atoms with Crippen molar-refractivity contribution >= 4 is 17.7 Å². The first-order valence-corrected chi connectivity index (χ1v) is 6.49. The van der Waals surface area contributed by atoms with Crippen LogP contribution in [-0.2, 0) is 9.59 Å². The van der Waals surface area contributed by atoms with Crippen molar-refractivity contribution in [2.24, 2.45) is 21.2 Å². The Bertz CT molecular complexity index is 579. The van der Waals surface area contributed by atoms with E-state index in [1.807, 2.05) is 20.8 Å². The van der Waals surface area contributed by atoms with E-state index in [0.717, 1.165) is 0 Å². The van der Waals surface area contributed by atoms with E-state index in [2.05, 4.69) is 4.99 Å². The summed E-state index contributed by atoms with van der Waals surface area (Å²) in [6.45, 7) is 7.23. The molecule has 0 fully saturated rings. The van der Waals surface area contributed by atoms with Crippen LogP contribution in [0.4, 0.5) is 0 Å². The molecule has 0 radical (unpaired) electrons. The summed E-state index contributed by atoms with van der Waals surface area (Å²) in [5.74, 6) is -1.96. The third-order valence-electron chi connectivity index (χ3n) is 4.38. The molecule has 2 atom stereocenters. The quantitative estimate of drug-likeness (QED) is 0.809. The summed E-state index contributed by atoms with van der Waals surface area (Å²) in [6, 6.07) is 0. The zero-order valence-electron chi connectivity index (χ0n) is 12.1. The average molecular weight is 277 g/mol. The fraction of sp³-hybridized carbons (Fsp3) is 0.533. The van der Waals surface area contributed by atoms with E-state index in [0.29, 0.717) is 11.3 Å². The summed E-state index contributed by atoms with van der Waals surface area (Å²) in [6.07, 6.45) is 4.84. The molecule has 0 aromatic rings. The molecule has 108 valence electrons. The van der Waals surface area contributed by atoms with Gasteiger partial charge in [-0.25, -0.2) is 0 Å². The van der Waals surface area contributed by atoms with Crippen LogP contribution in [0.5, 0.6) is 0 Å². The van der Waals surface area contributed by atoms with E-state index in [9.17, 15) is 19.8 Å². The van der Waals surface area contributed by atoms with Crippen molar-refractivity contribution in [2.45, 2.75) is 27.7 Å². The topological polar surface area (TPSA) is 87.0 Å². The lowest BCUT2D eigenvalue weighted by atomic mass is 9.62. The van der Waals surface area contributed by atoms with Crippen LogP contribution < -0.4 is 0 Å². The molecule has 5 heteroatoms. The second kappa shape index (κ2) is 4.04. The van der Waals surface area contributed by atoms with Gasteiger partial charge >= 0.3 is 11.9 Å². The molecule has 1 aliphatic carbocycles. The Hall–Kier alpha value is -1.91. The summed E-state index contributed by atoms with van der Waals surface area (Å²) >= 11 is 0. The number of aliphatic imine (C=N–C) groups is 1. The first-order chi connectivity index (χ1) is 9.04. The first kappa shape index (κ1) is 14.5. The van der Waals surface area contributed by atoms with E-state index >= 15 is 0 Å². The highest BCUT2D eigenvalue weighted by molar-refractivity contribution is 6.16. The molecule has 0 aromatic carbocycles. The second-order valence-electron chi connectivity index (χ2n) is 6.65. The third-order valence-corrected chi connectivity index (χ3v) is 4.38. The Morgan fingerprint density at radius 1 is 1.25 bits per heavy atom. The molecule has 0 saturated carbocycles. The van der Waals surface area contributed by atoms with Crippen molar-refractivity contribution in [3.63, 3.8) is 0 Å². The minimum Gasteiger partial charge on any atom is -0.481 e. The van der Waals surface area contributed by atoms with Crippen molar-refractivity contribution in [2.75, 3.05) is 6.54 Å². The summed E-state index contributed by atoms with van der Waals surface area (Å²) in [4.78, 5) is 27.6. The standard InChI is InChI=1S/C15H19NO4/c1-13(2,3)15(12(19)20)6-5-10-9(7-15)14(4,8-16-10)11(17)18/h5-7H,8H2,1-4H3,(H,17,18)(H,19,20). The number of allylic oxidation sites excluding steroid dienone is 1. The highest BCUT2D eigenvalue weighted by atomic mass is 16.4. The normalized spacial score (nSPS) is 32.4. The van der Waals surface area contributed by atoms with Gasteiger partial charge in [0.2, 0.25) is 0 Å². The molecule has 2 unspecified atom stereocenters. The van der Waals surface area contributed by atoms with Crippen LogP contribution in [0, 0.1) is 16.2 Å². The van der Waals surface area contributed by atoms with Gasteiger partial charge in [0.1, 0.15) is 10.8 Å². The number of carboxylic acids is 2. The molecular formula is C15H19NO4. The number of carboxylic acid groups (broad SMARTS) is 2. The Morgan fingerprint density at radius 2 is 1.85 bits per heavy atom. The number of nitrogens with zero attached hydrogens (tertiary/aromatic N) is 1. The highest BCUT2D eigenvalue weighted by Gasteiger charge is 2.52. The maximum atomic E-state index is 11.8. The zero-order chi connectivity index (χ0) is 15.3. The van der Waals surface area contributed by atoms with Crippen molar-refractivity contribution in [1.82, 2.24) is 0 Å². The second-order valence-corrected chi connectivity index (χ2v) is 6.65. The van der Waals surface area contributed by atoms with Gasteiger partial charge in [0.05, 0.1) is 12.3 Å². The van der Waals surface area contributed by atoms with Crippen LogP contribution >= 0.6 is 0 Å². The monoisotopic (exact) mass is 277 g/mol. The van der Waals surface area contributed by atoms with Gasteiger partial charge in [0.25, 0.3) is 0 Å². The summed E-state index contributed by atoms with van der Waals surface area (Å²) in [5.41, 5.74) is -1.86. The number of hydrogen-bond donors (Lipinski definition) is 2. The van der Waals surface area contributed by atoms with Crippen LogP contribution in [-0.4, -0.2) is 34.4 Å². The maximum absolute atomic E-state index is 11.8. The Kier molecular flexibility index (Phi) is 2.93. The molecule has 0 saturated heterocycles. The summed E-state index contributed by atoms with van der Waals surface area (Å²) in [7, 11) is 0. The molecule has 0 bridgehead atoms. The fourth-order valence-electron chi connectivity index (χ4n) is 2.66. The molecule has 5 nitrogen and oxygen atoms in total. The van der Waals surface area contributed by atoms with Gasteiger partial charge in [-0.15, -0.1) is 0 Å². The maximum Gasteiger partial charge on any atom is 0.317 e. The lowest BCUT2D eigenvalue weighted by Crippen LogP contribution is -2.43. The smallest absolute Gasteiger partial charge is 0.317 e. The first-order valence-electron chi connectivity index (χ1n) is 6.49. The predicted octanol–water partition coefficient (Wildman–Crippen LogP) is 2.15. The molecule has 20 heavy (non-hydrogen) atoms.